The van der Waals surface area contributed by atoms with E-state index in [4.69, 9.17) is 23.6 Å². The molecule has 0 aromatic heterocycles. The highest BCUT2D eigenvalue weighted by molar-refractivity contribution is 7.47. The molecule has 0 spiro atoms. The van der Waals surface area contributed by atoms with Gasteiger partial charge in [-0.3, -0.25) is 13.8 Å². The fourth-order valence-corrected chi connectivity index (χ4v) is 7.43. The van der Waals surface area contributed by atoms with Gasteiger partial charge < -0.3 is 24.6 Å². The SMILES string of the molecule is CC/C=C\C/C=C\C/C=C\C/C=C\CCCCCCCCCCC(=O)OC(COCCCCCCCCCCCCCCCCCCC)COP(=O)(O)OCC(O)CO. The van der Waals surface area contributed by atoms with Crippen LogP contribution in [0.5, 0.6) is 0 Å². The Balaban J connectivity index is 4.11. The number of aliphatic hydroxyl groups excluding tert-OH is 2. The van der Waals surface area contributed by atoms with E-state index < -0.39 is 33.2 Å². The molecule has 346 valence electrons. The largest absolute Gasteiger partial charge is 0.472 e. The molecule has 0 saturated heterocycles. The number of aliphatic hydroxyl groups is 2. The van der Waals surface area contributed by atoms with Gasteiger partial charge in [0.1, 0.15) is 12.2 Å². The van der Waals surface area contributed by atoms with Crippen molar-refractivity contribution in [3.8, 4) is 0 Å². The number of phosphoric acid groups is 1. The van der Waals surface area contributed by atoms with Crippen molar-refractivity contribution in [2.24, 2.45) is 0 Å². The molecule has 0 fully saturated rings. The third kappa shape index (κ3) is 45.8. The summed E-state index contributed by atoms with van der Waals surface area (Å²) in [4.78, 5) is 22.7. The zero-order valence-electron chi connectivity index (χ0n) is 38.0. The van der Waals surface area contributed by atoms with Crippen molar-refractivity contribution < 1.29 is 43.0 Å². The van der Waals surface area contributed by atoms with E-state index in [0.29, 0.717) is 6.61 Å². The van der Waals surface area contributed by atoms with Gasteiger partial charge in [-0.2, -0.15) is 0 Å². The van der Waals surface area contributed by atoms with Gasteiger partial charge in [-0.1, -0.05) is 204 Å². The Kier molecular flexibility index (Phi) is 44.7. The molecule has 9 nitrogen and oxygen atoms in total. The highest BCUT2D eigenvalue weighted by atomic mass is 31.2. The first kappa shape index (κ1) is 57.4. The van der Waals surface area contributed by atoms with Crippen LogP contribution in [0.1, 0.15) is 213 Å². The molecule has 0 aromatic carbocycles. The van der Waals surface area contributed by atoms with Gasteiger partial charge in [0.05, 0.1) is 26.4 Å². The van der Waals surface area contributed by atoms with Crippen LogP contribution in [0.25, 0.3) is 0 Å². The summed E-state index contributed by atoms with van der Waals surface area (Å²) < 4.78 is 33.5. The number of carbonyl (C=O) groups excluding carboxylic acids is 1. The topological polar surface area (TPSA) is 132 Å². The molecule has 0 bridgehead atoms. The second-order valence-corrected chi connectivity index (χ2v) is 17.6. The lowest BCUT2D eigenvalue weighted by molar-refractivity contribution is -0.154. The molecule has 3 N–H and O–H groups in total. The minimum absolute atomic E-state index is 0.0478. The summed E-state index contributed by atoms with van der Waals surface area (Å²) in [7, 11) is -4.52. The smallest absolute Gasteiger partial charge is 0.457 e. The summed E-state index contributed by atoms with van der Waals surface area (Å²) in [6.45, 7) is 3.43. The third-order valence-corrected chi connectivity index (χ3v) is 11.2. The van der Waals surface area contributed by atoms with Crippen LogP contribution in [-0.4, -0.2) is 66.3 Å². The van der Waals surface area contributed by atoms with Crippen molar-refractivity contribution in [2.75, 3.05) is 33.0 Å². The molecule has 0 heterocycles. The number of unbranched alkanes of at least 4 members (excludes halogenated alkanes) is 24. The van der Waals surface area contributed by atoms with Crippen molar-refractivity contribution >= 4 is 13.8 Å². The molecule has 0 aliphatic heterocycles. The van der Waals surface area contributed by atoms with Gasteiger partial charge in [-0.15, -0.1) is 0 Å². The second kappa shape index (κ2) is 45.9. The average molecular weight is 855 g/mol. The van der Waals surface area contributed by atoms with Crippen molar-refractivity contribution in [3.63, 3.8) is 0 Å². The molecule has 0 aromatic rings. The lowest BCUT2D eigenvalue weighted by Crippen LogP contribution is -2.29. The number of ether oxygens (including phenoxy) is 2. The fourth-order valence-electron chi connectivity index (χ4n) is 6.64. The van der Waals surface area contributed by atoms with E-state index in [1.54, 1.807) is 0 Å². The van der Waals surface area contributed by atoms with Gasteiger partial charge in [-0.05, 0) is 51.4 Å². The van der Waals surface area contributed by atoms with Gasteiger partial charge in [0.25, 0.3) is 0 Å². The van der Waals surface area contributed by atoms with E-state index in [-0.39, 0.29) is 25.6 Å². The minimum Gasteiger partial charge on any atom is -0.457 e. The van der Waals surface area contributed by atoms with Crippen LogP contribution in [-0.2, 0) is 27.9 Å². The van der Waals surface area contributed by atoms with E-state index in [2.05, 4.69) is 62.5 Å². The van der Waals surface area contributed by atoms with Crippen LogP contribution in [0.15, 0.2) is 48.6 Å². The third-order valence-electron chi connectivity index (χ3n) is 10.3. The highest BCUT2D eigenvalue weighted by Gasteiger charge is 2.26. The van der Waals surface area contributed by atoms with Gasteiger partial charge in [0.15, 0.2) is 0 Å². The number of esters is 1. The quantitative estimate of drug-likeness (QED) is 0.0237. The molecule has 10 heteroatoms. The summed E-state index contributed by atoms with van der Waals surface area (Å²) in [5.74, 6) is -0.389. The van der Waals surface area contributed by atoms with Gasteiger partial charge >= 0.3 is 13.8 Å². The summed E-state index contributed by atoms with van der Waals surface area (Å²) >= 11 is 0. The van der Waals surface area contributed by atoms with Gasteiger partial charge in [0, 0.05) is 13.0 Å². The molecule has 0 radical (unpaired) electrons. The zero-order chi connectivity index (χ0) is 43.2. The fraction of sp³-hybridized carbons (Fsp3) is 0.816. The number of rotatable bonds is 46. The molecule has 3 atom stereocenters. The Bertz CT molecular complexity index is 1060. The van der Waals surface area contributed by atoms with Crippen LogP contribution in [0.2, 0.25) is 0 Å². The van der Waals surface area contributed by atoms with E-state index in [1.165, 1.54) is 122 Å². The molecular formula is C49H91O9P. The van der Waals surface area contributed by atoms with Crippen molar-refractivity contribution in [2.45, 2.75) is 225 Å². The van der Waals surface area contributed by atoms with E-state index in [1.807, 2.05) is 0 Å². The second-order valence-electron chi connectivity index (χ2n) is 16.1. The number of hydrogen-bond acceptors (Lipinski definition) is 8. The molecule has 59 heavy (non-hydrogen) atoms. The van der Waals surface area contributed by atoms with Crippen LogP contribution in [0, 0.1) is 0 Å². The molecule has 0 amide bonds. The maximum atomic E-state index is 12.7. The number of hydrogen-bond donors (Lipinski definition) is 3. The van der Waals surface area contributed by atoms with E-state index in [0.717, 1.165) is 70.6 Å². The first-order chi connectivity index (χ1) is 28.8. The molecule has 3 unspecified atom stereocenters. The first-order valence-electron chi connectivity index (χ1n) is 24.1. The standard InChI is InChI=1S/C49H91O9P/c1-3-5-7-9-11-13-15-17-19-21-22-23-24-25-27-29-31-33-35-37-39-41-49(52)58-48(46-57-59(53,54)56-44-47(51)43-50)45-55-42-40-38-36-34-32-30-28-26-20-18-16-14-12-10-8-6-4-2/h5,7,11,13,17,19,22-23,47-48,50-51H,3-4,6,8-10,12,14-16,18,20-21,24-46H2,1-2H3,(H,53,54)/b7-5-,13-11-,19-17-,23-22-. The van der Waals surface area contributed by atoms with Gasteiger partial charge in [-0.25, -0.2) is 4.57 Å². The van der Waals surface area contributed by atoms with Gasteiger partial charge in [0.2, 0.25) is 0 Å². The van der Waals surface area contributed by atoms with Crippen LogP contribution >= 0.6 is 7.82 Å². The summed E-state index contributed by atoms with van der Waals surface area (Å²) in [6.07, 6.45) is 52.1. The maximum absolute atomic E-state index is 12.7. The van der Waals surface area contributed by atoms with Crippen LogP contribution in [0.4, 0.5) is 0 Å². The van der Waals surface area contributed by atoms with Crippen LogP contribution in [0.3, 0.4) is 0 Å². The maximum Gasteiger partial charge on any atom is 0.472 e. The molecule has 0 aliphatic carbocycles. The van der Waals surface area contributed by atoms with Crippen molar-refractivity contribution in [1.82, 2.24) is 0 Å². The van der Waals surface area contributed by atoms with E-state index in [9.17, 15) is 19.4 Å². The average Bonchev–Trinajstić information content (AvgIpc) is 3.23. The van der Waals surface area contributed by atoms with Crippen molar-refractivity contribution in [1.29, 1.82) is 0 Å². The Morgan fingerprint density at radius 3 is 1.46 bits per heavy atom. The summed E-state index contributed by atoms with van der Waals surface area (Å²) in [6, 6.07) is 0. The number of carbonyl (C=O) groups is 1. The summed E-state index contributed by atoms with van der Waals surface area (Å²) in [5, 5.41) is 18.4. The predicted octanol–water partition coefficient (Wildman–Crippen LogP) is 13.8. The lowest BCUT2D eigenvalue weighted by atomic mass is 10.0. The summed E-state index contributed by atoms with van der Waals surface area (Å²) in [5.41, 5.74) is 0. The van der Waals surface area contributed by atoms with Crippen LogP contribution < -0.4 is 0 Å². The molecule has 0 aliphatic rings. The normalized spacial score (nSPS) is 14.3. The first-order valence-corrected chi connectivity index (χ1v) is 25.6. The number of allylic oxidation sites excluding steroid dienone is 8. The lowest BCUT2D eigenvalue weighted by Gasteiger charge is -2.20. The Hall–Kier alpha value is -1.58. The Morgan fingerprint density at radius 1 is 0.542 bits per heavy atom. The highest BCUT2D eigenvalue weighted by Crippen LogP contribution is 2.43. The predicted molar refractivity (Wildman–Crippen MR) is 247 cm³/mol. The molecule has 0 rings (SSSR count). The number of phosphoric ester groups is 1. The van der Waals surface area contributed by atoms with E-state index >= 15 is 0 Å². The molecular weight excluding hydrogens is 764 g/mol. The monoisotopic (exact) mass is 855 g/mol. The minimum atomic E-state index is -4.52. The van der Waals surface area contributed by atoms with Crippen molar-refractivity contribution in [3.05, 3.63) is 48.6 Å². The zero-order valence-corrected chi connectivity index (χ0v) is 38.9. The Morgan fingerprint density at radius 2 is 0.966 bits per heavy atom. The molecule has 0 saturated carbocycles. The Labute approximate surface area is 362 Å².